The molecule has 2 aliphatic carbocycles. The molecule has 0 atom stereocenters. The van der Waals surface area contributed by atoms with E-state index in [2.05, 4.69) is 175 Å². The minimum absolute atomic E-state index is 0.0926. The van der Waals surface area contributed by atoms with E-state index in [1.54, 1.807) is 0 Å². The summed E-state index contributed by atoms with van der Waals surface area (Å²) >= 11 is 0. The maximum absolute atomic E-state index is 14.4. The highest BCUT2D eigenvalue weighted by molar-refractivity contribution is 6.29. The van der Waals surface area contributed by atoms with E-state index >= 15 is 0 Å². The first-order chi connectivity index (χ1) is 27.0. The number of fused-ring (bicyclic) bond motifs is 13. The minimum Gasteiger partial charge on any atom is -0.309 e. The first-order valence-electron chi connectivity index (χ1n) is 19.1. The van der Waals surface area contributed by atoms with Crippen molar-refractivity contribution in [3.8, 4) is 44.8 Å². The minimum atomic E-state index is -0.146. The molecule has 0 unspecified atom stereocenters. The summed E-state index contributed by atoms with van der Waals surface area (Å²) in [5, 5.41) is 4.73. The molecule has 3 nitrogen and oxygen atoms in total. The zero-order valence-electron chi connectivity index (χ0n) is 30.5. The van der Waals surface area contributed by atoms with Gasteiger partial charge in [0.2, 0.25) is 0 Å². The summed E-state index contributed by atoms with van der Waals surface area (Å²) < 4.78 is 4.71. The standard InChI is InChI=1S/C52H34N2O/c1-52(2)44-16-8-5-12-36(44)37-25-24-34(30-45(37)52)54-48-28-21-32(29-43(48)41-27-26-40-35-11-3-4-15-42(35)51(55)49(40)50(41)54)31-19-22-33(23-20-31)53-46-17-9-6-13-38(46)39-14-7-10-18-47(39)53/h3-30H,1-2H3. The second kappa shape index (κ2) is 10.8. The number of carbonyl (C=O) groups excluding carboxylic acids is 1. The van der Waals surface area contributed by atoms with E-state index in [4.69, 9.17) is 0 Å². The molecule has 2 heterocycles. The summed E-state index contributed by atoms with van der Waals surface area (Å²) in [4.78, 5) is 14.4. The van der Waals surface area contributed by atoms with Crippen LogP contribution in [0.3, 0.4) is 0 Å². The quantitative estimate of drug-likeness (QED) is 0.180. The molecule has 0 bridgehead atoms. The molecule has 0 fully saturated rings. The summed E-state index contributed by atoms with van der Waals surface area (Å²) in [5.74, 6) is 0.0926. The van der Waals surface area contributed by atoms with Crippen LogP contribution >= 0.6 is 0 Å². The van der Waals surface area contributed by atoms with Crippen LogP contribution in [0.1, 0.15) is 40.9 Å². The van der Waals surface area contributed by atoms with Gasteiger partial charge in [-0.1, -0.05) is 135 Å². The first kappa shape index (κ1) is 30.5. The zero-order valence-corrected chi connectivity index (χ0v) is 30.5. The average Bonchev–Trinajstić information content (AvgIpc) is 3.91. The smallest absolute Gasteiger partial charge is 0.196 e. The molecule has 2 aromatic heterocycles. The Morgan fingerprint density at radius 3 is 1.75 bits per heavy atom. The van der Waals surface area contributed by atoms with Crippen molar-refractivity contribution in [2.24, 2.45) is 0 Å². The molecule has 10 aromatic rings. The van der Waals surface area contributed by atoms with Crippen LogP contribution in [0.2, 0.25) is 0 Å². The Balaban J connectivity index is 1.06. The maximum Gasteiger partial charge on any atom is 0.196 e. The fourth-order valence-electron chi connectivity index (χ4n) is 9.90. The highest BCUT2D eigenvalue weighted by Gasteiger charge is 2.36. The highest BCUT2D eigenvalue weighted by Crippen LogP contribution is 2.50. The SMILES string of the molecule is CC1(C)c2ccccc2-c2ccc(-n3c4ccc(-c5ccc(-n6c7ccccc7c7ccccc76)cc5)cc4c4ccc5c(c43)C(=O)c3ccccc3-5)cc21. The molecular formula is C52H34N2O. The van der Waals surface area contributed by atoms with Crippen molar-refractivity contribution in [3.05, 3.63) is 192 Å². The molecule has 2 aliphatic rings. The third-order valence-electron chi connectivity index (χ3n) is 12.5. The molecule has 0 radical (unpaired) electrons. The van der Waals surface area contributed by atoms with Gasteiger partial charge in [0.25, 0.3) is 0 Å². The number of para-hydroxylation sites is 2. The highest BCUT2D eigenvalue weighted by atomic mass is 16.1. The fourth-order valence-corrected chi connectivity index (χ4v) is 9.90. The van der Waals surface area contributed by atoms with E-state index in [1.165, 1.54) is 44.1 Å². The van der Waals surface area contributed by atoms with Crippen LogP contribution in [0.4, 0.5) is 0 Å². The van der Waals surface area contributed by atoms with Crippen molar-refractivity contribution in [3.63, 3.8) is 0 Å². The van der Waals surface area contributed by atoms with Gasteiger partial charge in [-0.05, 0) is 93.0 Å². The number of hydrogen-bond donors (Lipinski definition) is 0. The molecule has 0 aliphatic heterocycles. The lowest BCUT2D eigenvalue weighted by atomic mass is 9.82. The van der Waals surface area contributed by atoms with Crippen molar-refractivity contribution in [1.29, 1.82) is 0 Å². The van der Waals surface area contributed by atoms with Crippen LogP contribution in [0.15, 0.2) is 170 Å². The summed E-state index contributed by atoms with van der Waals surface area (Å²) in [7, 11) is 0. The van der Waals surface area contributed by atoms with E-state index in [0.29, 0.717) is 0 Å². The van der Waals surface area contributed by atoms with E-state index in [9.17, 15) is 4.79 Å². The molecule has 8 aromatic carbocycles. The lowest BCUT2D eigenvalue weighted by Gasteiger charge is -2.22. The number of benzene rings is 8. The third-order valence-corrected chi connectivity index (χ3v) is 12.5. The number of ketones is 1. The fraction of sp³-hybridized carbons (Fsp3) is 0.0577. The van der Waals surface area contributed by atoms with Crippen LogP contribution in [-0.2, 0) is 5.41 Å². The van der Waals surface area contributed by atoms with Gasteiger partial charge in [0.15, 0.2) is 5.78 Å². The van der Waals surface area contributed by atoms with Crippen LogP contribution in [0.25, 0.3) is 88.4 Å². The summed E-state index contributed by atoms with van der Waals surface area (Å²) in [6.07, 6.45) is 0. The number of nitrogens with zero attached hydrogens (tertiary/aromatic N) is 2. The Bertz CT molecular complexity index is 3250. The monoisotopic (exact) mass is 702 g/mol. The molecular weight excluding hydrogens is 669 g/mol. The van der Waals surface area contributed by atoms with Gasteiger partial charge in [0.1, 0.15) is 0 Å². The average molecular weight is 703 g/mol. The van der Waals surface area contributed by atoms with Crippen LogP contribution in [0, 0.1) is 0 Å². The molecule has 55 heavy (non-hydrogen) atoms. The lowest BCUT2D eigenvalue weighted by molar-refractivity contribution is 0.104. The zero-order chi connectivity index (χ0) is 36.6. The summed E-state index contributed by atoms with van der Waals surface area (Å²) in [5.41, 5.74) is 17.6. The number of hydrogen-bond acceptors (Lipinski definition) is 1. The molecule has 3 heteroatoms. The summed E-state index contributed by atoms with van der Waals surface area (Å²) in [6.45, 7) is 4.65. The molecule has 0 spiro atoms. The van der Waals surface area contributed by atoms with Gasteiger partial charge in [-0.15, -0.1) is 0 Å². The predicted octanol–water partition coefficient (Wildman–Crippen LogP) is 13.1. The van der Waals surface area contributed by atoms with E-state index < -0.39 is 0 Å². The van der Waals surface area contributed by atoms with Crippen molar-refractivity contribution in [2.75, 3.05) is 0 Å². The Kier molecular flexibility index (Phi) is 5.99. The van der Waals surface area contributed by atoms with E-state index in [0.717, 1.165) is 66.6 Å². The van der Waals surface area contributed by atoms with E-state index in [-0.39, 0.29) is 11.2 Å². The topological polar surface area (TPSA) is 26.9 Å². The molecule has 0 amide bonds. The Labute approximate surface area is 318 Å². The Morgan fingerprint density at radius 1 is 0.400 bits per heavy atom. The van der Waals surface area contributed by atoms with Crippen molar-refractivity contribution >= 4 is 49.4 Å². The van der Waals surface area contributed by atoms with Crippen molar-refractivity contribution < 1.29 is 4.79 Å². The Morgan fingerprint density at radius 2 is 0.982 bits per heavy atom. The number of aromatic nitrogens is 2. The van der Waals surface area contributed by atoms with Crippen LogP contribution in [-0.4, -0.2) is 14.9 Å². The molecule has 0 N–H and O–H groups in total. The molecule has 12 rings (SSSR count). The number of rotatable bonds is 3. The Hall–Kier alpha value is -6.97. The van der Waals surface area contributed by atoms with Crippen LogP contribution < -0.4 is 0 Å². The third kappa shape index (κ3) is 4.02. The van der Waals surface area contributed by atoms with Gasteiger partial charge < -0.3 is 9.13 Å². The van der Waals surface area contributed by atoms with Crippen molar-refractivity contribution in [1.82, 2.24) is 9.13 Å². The predicted molar refractivity (Wildman–Crippen MR) is 227 cm³/mol. The van der Waals surface area contributed by atoms with Crippen LogP contribution in [0.5, 0.6) is 0 Å². The van der Waals surface area contributed by atoms with Gasteiger partial charge in [-0.2, -0.15) is 0 Å². The second-order valence-corrected chi connectivity index (χ2v) is 15.6. The van der Waals surface area contributed by atoms with Gasteiger partial charge in [-0.3, -0.25) is 4.79 Å². The first-order valence-corrected chi connectivity index (χ1v) is 19.1. The normalized spacial score (nSPS) is 13.8. The van der Waals surface area contributed by atoms with E-state index in [1.807, 2.05) is 18.2 Å². The number of carbonyl (C=O) groups is 1. The largest absolute Gasteiger partial charge is 0.309 e. The lowest BCUT2D eigenvalue weighted by Crippen LogP contribution is -2.15. The molecule has 258 valence electrons. The van der Waals surface area contributed by atoms with Gasteiger partial charge in [0, 0.05) is 43.9 Å². The molecule has 0 saturated heterocycles. The van der Waals surface area contributed by atoms with Crippen molar-refractivity contribution in [2.45, 2.75) is 19.3 Å². The van der Waals surface area contributed by atoms with Gasteiger partial charge >= 0.3 is 0 Å². The maximum atomic E-state index is 14.4. The van der Waals surface area contributed by atoms with Gasteiger partial charge in [0.05, 0.1) is 27.6 Å². The van der Waals surface area contributed by atoms with Gasteiger partial charge in [-0.25, -0.2) is 0 Å². The molecule has 0 saturated carbocycles. The summed E-state index contributed by atoms with van der Waals surface area (Å²) in [6, 6.07) is 61.1. The second-order valence-electron chi connectivity index (χ2n) is 15.6.